The average molecular weight is 306 g/mol. The molecule has 0 aromatic heterocycles. The molecule has 7 nitrogen and oxygen atoms in total. The lowest BCUT2D eigenvalue weighted by Crippen LogP contribution is -2.34. The van der Waals surface area contributed by atoms with Crippen LogP contribution in [0, 0.1) is 0 Å². The molecule has 1 amide bonds. The van der Waals surface area contributed by atoms with Crippen molar-refractivity contribution in [2.45, 2.75) is 33.3 Å². The van der Waals surface area contributed by atoms with Crippen LogP contribution >= 0.6 is 7.80 Å². The molecule has 8 heteroatoms. The van der Waals surface area contributed by atoms with Gasteiger partial charge >= 0.3 is 19.9 Å². The molecule has 0 rings (SSSR count). The highest BCUT2D eigenvalue weighted by Crippen LogP contribution is 2.18. The zero-order valence-electron chi connectivity index (χ0n) is 12.1. The lowest BCUT2D eigenvalue weighted by molar-refractivity contribution is -0.139. The SMILES string of the molecule is CCOC(=O)C(=CC[P+](=O)CO)NC(=O)OC(C)(C)C. The van der Waals surface area contributed by atoms with Crippen molar-refractivity contribution in [1.82, 2.24) is 5.32 Å². The fourth-order valence-electron chi connectivity index (χ4n) is 1.06. The minimum atomic E-state index is -1.87. The molecule has 0 bridgehead atoms. The normalized spacial score (nSPS) is 12.7. The van der Waals surface area contributed by atoms with Crippen LogP contribution in [0.2, 0.25) is 0 Å². The number of hydrogen-bond donors (Lipinski definition) is 2. The fourth-order valence-corrected chi connectivity index (χ4v) is 1.56. The number of aliphatic hydroxyl groups excluding tert-OH is 1. The first kappa shape index (κ1) is 18.5. The number of esters is 1. The topological polar surface area (TPSA) is 102 Å². The van der Waals surface area contributed by atoms with Crippen molar-refractivity contribution in [3.8, 4) is 0 Å². The summed E-state index contributed by atoms with van der Waals surface area (Å²) in [5, 5.41) is 10.9. The highest BCUT2D eigenvalue weighted by Gasteiger charge is 2.21. The largest absolute Gasteiger partial charge is 0.461 e. The Hall–Kier alpha value is -1.46. The summed E-state index contributed by atoms with van der Waals surface area (Å²) in [6.07, 6.45) is -0.0999. The van der Waals surface area contributed by atoms with E-state index in [2.05, 4.69) is 5.32 Å². The Balaban J connectivity index is 4.81. The molecule has 0 aromatic rings. The molecule has 2 N–H and O–H groups in total. The average Bonchev–Trinajstić information content (AvgIpc) is 2.31. The zero-order chi connectivity index (χ0) is 15.8. The number of hydrogen-bond acceptors (Lipinski definition) is 6. The van der Waals surface area contributed by atoms with Crippen LogP contribution in [-0.2, 0) is 18.8 Å². The van der Waals surface area contributed by atoms with E-state index >= 15 is 0 Å². The van der Waals surface area contributed by atoms with Crippen LogP contribution in [0.3, 0.4) is 0 Å². The minimum Gasteiger partial charge on any atom is -0.461 e. The first-order chi connectivity index (χ1) is 9.19. The van der Waals surface area contributed by atoms with Crippen molar-refractivity contribution in [3.63, 3.8) is 0 Å². The molecule has 0 aliphatic rings. The lowest BCUT2D eigenvalue weighted by atomic mass is 10.2. The molecule has 0 aliphatic heterocycles. The second kappa shape index (κ2) is 8.66. The fraction of sp³-hybridized carbons (Fsp3) is 0.667. The molecular weight excluding hydrogens is 285 g/mol. The molecule has 1 unspecified atom stereocenters. The summed E-state index contributed by atoms with van der Waals surface area (Å²) in [7, 11) is -1.87. The van der Waals surface area contributed by atoms with Gasteiger partial charge in [0.15, 0.2) is 6.16 Å². The van der Waals surface area contributed by atoms with Crippen LogP contribution in [-0.4, -0.2) is 41.9 Å². The third kappa shape index (κ3) is 8.61. The predicted octanol–water partition coefficient (Wildman–Crippen LogP) is 1.74. The number of allylic oxidation sites excluding steroid dienone is 1. The molecule has 0 aliphatic carbocycles. The summed E-state index contributed by atoms with van der Waals surface area (Å²) in [6, 6.07) is 0. The molecule has 20 heavy (non-hydrogen) atoms. The summed E-state index contributed by atoms with van der Waals surface area (Å²) in [5.41, 5.74) is -0.863. The van der Waals surface area contributed by atoms with E-state index in [1.54, 1.807) is 27.7 Å². The Kier molecular flexibility index (Phi) is 8.03. The maximum Gasteiger partial charge on any atom is 0.412 e. The molecule has 0 saturated heterocycles. The van der Waals surface area contributed by atoms with E-state index in [4.69, 9.17) is 14.6 Å². The molecular formula is C12H21NO6P+. The van der Waals surface area contributed by atoms with Gasteiger partial charge in [0.05, 0.1) is 6.61 Å². The number of rotatable bonds is 6. The van der Waals surface area contributed by atoms with Gasteiger partial charge in [0.25, 0.3) is 0 Å². The van der Waals surface area contributed by atoms with Crippen molar-refractivity contribution in [2.24, 2.45) is 0 Å². The number of ether oxygens (including phenoxy) is 2. The van der Waals surface area contributed by atoms with E-state index < -0.39 is 31.8 Å². The maximum absolute atomic E-state index is 11.6. The van der Waals surface area contributed by atoms with Gasteiger partial charge in [0.2, 0.25) is 6.35 Å². The Labute approximate surface area is 119 Å². The van der Waals surface area contributed by atoms with E-state index in [0.29, 0.717) is 0 Å². The van der Waals surface area contributed by atoms with Crippen molar-refractivity contribution in [3.05, 3.63) is 11.8 Å². The Bertz CT molecular complexity index is 399. The van der Waals surface area contributed by atoms with Crippen molar-refractivity contribution < 1.29 is 28.7 Å². The second-order valence-electron chi connectivity index (χ2n) is 4.77. The quantitative estimate of drug-likeness (QED) is 0.440. The first-order valence-electron chi connectivity index (χ1n) is 6.09. The number of carbonyl (C=O) groups excluding carboxylic acids is 2. The standard InChI is InChI=1S/C12H20NO6P/c1-5-18-10(15)9(6-7-20(17)8-14)13-11(16)19-12(2,3)4/h6,14H,5,7-8H2,1-4H3/p+1. The van der Waals surface area contributed by atoms with Gasteiger partial charge in [-0.25, -0.2) is 9.59 Å². The van der Waals surface area contributed by atoms with Crippen molar-refractivity contribution in [2.75, 3.05) is 19.1 Å². The van der Waals surface area contributed by atoms with Crippen LogP contribution in [0.15, 0.2) is 11.8 Å². The maximum atomic E-state index is 11.6. The van der Waals surface area contributed by atoms with E-state index in [9.17, 15) is 14.2 Å². The number of alkyl carbamates (subject to hydrolysis) is 1. The molecule has 0 aromatic carbocycles. The first-order valence-corrected chi connectivity index (χ1v) is 7.72. The Morgan fingerprint density at radius 2 is 1.95 bits per heavy atom. The predicted molar refractivity (Wildman–Crippen MR) is 73.6 cm³/mol. The van der Waals surface area contributed by atoms with E-state index in [0.717, 1.165) is 0 Å². The second-order valence-corrected chi connectivity index (χ2v) is 6.38. The van der Waals surface area contributed by atoms with Gasteiger partial charge < -0.3 is 14.6 Å². The van der Waals surface area contributed by atoms with Crippen LogP contribution in [0.4, 0.5) is 4.79 Å². The highest BCUT2D eigenvalue weighted by atomic mass is 31.1. The summed E-state index contributed by atoms with van der Waals surface area (Å²) < 4.78 is 20.9. The van der Waals surface area contributed by atoms with Gasteiger partial charge in [0, 0.05) is 0 Å². The number of amides is 1. The molecule has 114 valence electrons. The van der Waals surface area contributed by atoms with Crippen LogP contribution in [0.5, 0.6) is 0 Å². The summed E-state index contributed by atoms with van der Waals surface area (Å²) in [6.45, 7) is 6.81. The molecule has 0 spiro atoms. The number of carbonyl (C=O) groups is 2. The number of aliphatic hydroxyl groups is 1. The molecule has 0 fully saturated rings. The van der Waals surface area contributed by atoms with Crippen LogP contribution in [0.1, 0.15) is 27.7 Å². The summed E-state index contributed by atoms with van der Waals surface area (Å²) in [5.74, 6) is -0.750. The van der Waals surface area contributed by atoms with Gasteiger partial charge in [-0.2, -0.15) is 0 Å². The van der Waals surface area contributed by atoms with Gasteiger partial charge in [-0.15, -0.1) is 0 Å². The molecule has 0 radical (unpaired) electrons. The van der Waals surface area contributed by atoms with Crippen LogP contribution in [0.25, 0.3) is 0 Å². The van der Waals surface area contributed by atoms with Gasteiger partial charge in [-0.3, -0.25) is 5.32 Å². The summed E-state index contributed by atoms with van der Waals surface area (Å²) >= 11 is 0. The molecule has 0 heterocycles. The zero-order valence-corrected chi connectivity index (χ0v) is 13.0. The Morgan fingerprint density at radius 1 is 1.35 bits per heavy atom. The van der Waals surface area contributed by atoms with Gasteiger partial charge in [-0.05, 0) is 33.8 Å². The highest BCUT2D eigenvalue weighted by molar-refractivity contribution is 7.44. The lowest BCUT2D eigenvalue weighted by Gasteiger charge is -2.20. The minimum absolute atomic E-state index is 0.0459. The van der Waals surface area contributed by atoms with E-state index in [1.165, 1.54) is 6.08 Å². The smallest absolute Gasteiger partial charge is 0.412 e. The van der Waals surface area contributed by atoms with E-state index in [-0.39, 0.29) is 18.5 Å². The van der Waals surface area contributed by atoms with Crippen molar-refractivity contribution in [1.29, 1.82) is 0 Å². The monoisotopic (exact) mass is 306 g/mol. The van der Waals surface area contributed by atoms with Gasteiger partial charge in [0.1, 0.15) is 11.3 Å². The Morgan fingerprint density at radius 3 is 2.40 bits per heavy atom. The summed E-state index contributed by atoms with van der Waals surface area (Å²) in [4.78, 5) is 23.2. The third-order valence-electron chi connectivity index (χ3n) is 1.79. The van der Waals surface area contributed by atoms with Crippen molar-refractivity contribution >= 4 is 19.9 Å². The molecule has 0 saturated carbocycles. The third-order valence-corrected chi connectivity index (χ3v) is 2.69. The van der Waals surface area contributed by atoms with Crippen LogP contribution < -0.4 is 5.32 Å². The number of nitrogens with one attached hydrogen (secondary N) is 1. The van der Waals surface area contributed by atoms with E-state index in [1.807, 2.05) is 0 Å². The molecule has 1 atom stereocenters. The van der Waals surface area contributed by atoms with Gasteiger partial charge in [-0.1, -0.05) is 4.57 Å².